The van der Waals surface area contributed by atoms with Crippen LogP contribution in [0.1, 0.15) is 39.5 Å². The normalized spacial score (nSPS) is 44.0. The number of hydrogen-bond donors (Lipinski definition) is 2. The van der Waals surface area contributed by atoms with E-state index in [1.165, 1.54) is 19.3 Å². The first kappa shape index (κ1) is 11.7. The van der Waals surface area contributed by atoms with Crippen LogP contribution >= 0.6 is 11.8 Å². The molecule has 0 bridgehead atoms. The molecule has 0 aromatic carbocycles. The zero-order valence-electron chi connectivity index (χ0n) is 9.99. The molecule has 2 rings (SSSR count). The van der Waals surface area contributed by atoms with Crippen LogP contribution in [0.4, 0.5) is 0 Å². The van der Waals surface area contributed by atoms with Crippen LogP contribution in [0.25, 0.3) is 0 Å². The van der Waals surface area contributed by atoms with Gasteiger partial charge in [0.15, 0.2) is 0 Å². The van der Waals surface area contributed by atoms with Crippen molar-refractivity contribution in [3.8, 4) is 0 Å². The van der Waals surface area contributed by atoms with Crippen molar-refractivity contribution in [3.05, 3.63) is 0 Å². The lowest BCUT2D eigenvalue weighted by molar-refractivity contribution is -0.0754. The predicted octanol–water partition coefficient (Wildman–Crippen LogP) is 2.02. The summed E-state index contributed by atoms with van der Waals surface area (Å²) in [6.45, 7) is 4.34. The third kappa shape index (κ3) is 2.06. The fourth-order valence-corrected chi connectivity index (χ4v) is 3.79. The van der Waals surface area contributed by atoms with E-state index in [0.717, 1.165) is 11.7 Å². The molecule has 2 N–H and O–H groups in total. The number of aliphatic hydroxyl groups excluding tert-OH is 1. The number of rotatable bonds is 3. The lowest BCUT2D eigenvalue weighted by Crippen LogP contribution is -2.62. The summed E-state index contributed by atoms with van der Waals surface area (Å²) in [4.78, 5) is 0. The first-order chi connectivity index (χ1) is 7.05. The molecule has 0 spiro atoms. The smallest absolute Gasteiger partial charge is 0.0621 e. The van der Waals surface area contributed by atoms with Crippen LogP contribution in [-0.2, 0) is 0 Å². The Hall–Kier alpha value is 0.270. The Morgan fingerprint density at radius 2 is 2.07 bits per heavy atom. The third-order valence-electron chi connectivity index (χ3n) is 4.39. The van der Waals surface area contributed by atoms with E-state index in [9.17, 15) is 5.11 Å². The number of aliphatic hydroxyl groups is 1. The fraction of sp³-hybridized carbons (Fsp3) is 1.00. The molecular formula is C12H23NOS. The minimum absolute atomic E-state index is 0.0749. The molecule has 0 aromatic rings. The van der Waals surface area contributed by atoms with Crippen molar-refractivity contribution >= 4 is 11.8 Å². The van der Waals surface area contributed by atoms with Crippen LogP contribution in [0.15, 0.2) is 0 Å². The molecule has 0 aliphatic heterocycles. The fourth-order valence-electron chi connectivity index (χ4n) is 2.84. The quantitative estimate of drug-likeness (QED) is 0.776. The van der Waals surface area contributed by atoms with Crippen molar-refractivity contribution in [2.24, 2.45) is 5.41 Å². The Kier molecular flexibility index (Phi) is 3.34. The summed E-state index contributed by atoms with van der Waals surface area (Å²) in [5.41, 5.74) is 0.0749. The summed E-state index contributed by atoms with van der Waals surface area (Å²) in [6.07, 6.45) is 7.07. The minimum atomic E-state index is -0.107. The molecule has 0 radical (unpaired) electrons. The van der Waals surface area contributed by atoms with E-state index >= 15 is 0 Å². The van der Waals surface area contributed by atoms with Gasteiger partial charge in [0.05, 0.1) is 6.10 Å². The Morgan fingerprint density at radius 3 is 2.60 bits per heavy atom. The van der Waals surface area contributed by atoms with E-state index in [1.807, 2.05) is 11.8 Å². The summed E-state index contributed by atoms with van der Waals surface area (Å²) in [7, 11) is 0. The number of thioether (sulfide) groups is 1. The third-order valence-corrected chi connectivity index (χ3v) is 5.56. The predicted molar refractivity (Wildman–Crippen MR) is 66.3 cm³/mol. The Labute approximate surface area is 97.2 Å². The molecule has 2 saturated carbocycles. The van der Waals surface area contributed by atoms with Crippen molar-refractivity contribution in [2.45, 2.75) is 63.0 Å². The topological polar surface area (TPSA) is 32.3 Å². The van der Waals surface area contributed by atoms with Crippen molar-refractivity contribution in [1.82, 2.24) is 5.32 Å². The summed E-state index contributed by atoms with van der Waals surface area (Å²) in [6, 6.07) is 1.20. The molecule has 4 unspecified atom stereocenters. The standard InChI is InChI=1S/C12H23NOS/c1-12(2)10(7-11(12)14)13-8-5-4-6-9(8)15-3/h8-11,13-14H,4-7H2,1-3H3. The van der Waals surface area contributed by atoms with E-state index in [1.54, 1.807) is 0 Å². The molecular weight excluding hydrogens is 206 g/mol. The second-order valence-corrected chi connectivity index (χ2v) is 6.68. The maximum atomic E-state index is 9.70. The van der Waals surface area contributed by atoms with Crippen molar-refractivity contribution < 1.29 is 5.11 Å². The Morgan fingerprint density at radius 1 is 1.33 bits per heavy atom. The molecule has 2 aliphatic rings. The lowest BCUT2D eigenvalue weighted by atomic mass is 9.64. The van der Waals surface area contributed by atoms with Crippen molar-refractivity contribution in [2.75, 3.05) is 6.26 Å². The molecule has 3 heteroatoms. The molecule has 2 nitrogen and oxygen atoms in total. The first-order valence-electron chi connectivity index (χ1n) is 6.02. The second kappa shape index (κ2) is 4.27. The van der Waals surface area contributed by atoms with Crippen LogP contribution < -0.4 is 5.32 Å². The van der Waals surface area contributed by atoms with E-state index in [4.69, 9.17) is 0 Å². The van der Waals surface area contributed by atoms with Gasteiger partial charge in [0, 0.05) is 22.7 Å². The molecule has 2 fully saturated rings. The average Bonchev–Trinajstić information content (AvgIpc) is 2.65. The lowest BCUT2D eigenvalue weighted by Gasteiger charge is -2.51. The SMILES string of the molecule is CSC1CCCC1NC1CC(O)C1(C)C. The molecule has 0 amide bonds. The van der Waals surface area contributed by atoms with Crippen LogP contribution in [-0.4, -0.2) is 34.8 Å². The summed E-state index contributed by atoms with van der Waals surface area (Å²) in [5.74, 6) is 0. The molecule has 2 aliphatic carbocycles. The van der Waals surface area contributed by atoms with Gasteiger partial charge in [0.25, 0.3) is 0 Å². The number of hydrogen-bond acceptors (Lipinski definition) is 3. The molecule has 0 aromatic heterocycles. The van der Waals surface area contributed by atoms with Crippen LogP contribution in [0.5, 0.6) is 0 Å². The maximum absolute atomic E-state index is 9.70. The van der Waals surface area contributed by atoms with Gasteiger partial charge in [-0.2, -0.15) is 11.8 Å². The van der Waals surface area contributed by atoms with E-state index < -0.39 is 0 Å². The minimum Gasteiger partial charge on any atom is -0.392 e. The maximum Gasteiger partial charge on any atom is 0.0621 e. The van der Waals surface area contributed by atoms with Crippen LogP contribution in [0.2, 0.25) is 0 Å². The monoisotopic (exact) mass is 229 g/mol. The largest absolute Gasteiger partial charge is 0.392 e. The second-order valence-electron chi connectivity index (χ2n) is 5.60. The molecule has 0 heterocycles. The summed E-state index contributed by atoms with van der Waals surface area (Å²) < 4.78 is 0. The van der Waals surface area contributed by atoms with Gasteiger partial charge < -0.3 is 10.4 Å². The van der Waals surface area contributed by atoms with Gasteiger partial charge in [0.2, 0.25) is 0 Å². The van der Waals surface area contributed by atoms with Crippen molar-refractivity contribution in [3.63, 3.8) is 0 Å². The van der Waals surface area contributed by atoms with Gasteiger partial charge in [-0.25, -0.2) is 0 Å². The van der Waals surface area contributed by atoms with Gasteiger partial charge >= 0.3 is 0 Å². The van der Waals surface area contributed by atoms with Crippen molar-refractivity contribution in [1.29, 1.82) is 0 Å². The van der Waals surface area contributed by atoms with E-state index in [-0.39, 0.29) is 11.5 Å². The molecule has 0 saturated heterocycles. The molecule has 15 heavy (non-hydrogen) atoms. The highest BCUT2D eigenvalue weighted by molar-refractivity contribution is 7.99. The highest BCUT2D eigenvalue weighted by Crippen LogP contribution is 2.42. The van der Waals surface area contributed by atoms with Crippen LogP contribution in [0.3, 0.4) is 0 Å². The molecule has 88 valence electrons. The highest BCUT2D eigenvalue weighted by atomic mass is 32.2. The highest BCUT2D eigenvalue weighted by Gasteiger charge is 2.48. The van der Waals surface area contributed by atoms with Gasteiger partial charge in [0.1, 0.15) is 0 Å². The van der Waals surface area contributed by atoms with E-state index in [2.05, 4.69) is 25.4 Å². The first-order valence-corrected chi connectivity index (χ1v) is 7.31. The van der Waals surface area contributed by atoms with Gasteiger partial charge in [-0.3, -0.25) is 0 Å². The summed E-state index contributed by atoms with van der Waals surface area (Å²) >= 11 is 1.99. The van der Waals surface area contributed by atoms with Gasteiger partial charge in [-0.1, -0.05) is 20.3 Å². The van der Waals surface area contributed by atoms with Crippen LogP contribution in [0, 0.1) is 5.41 Å². The Bertz CT molecular complexity index is 232. The zero-order chi connectivity index (χ0) is 11.1. The van der Waals surface area contributed by atoms with Gasteiger partial charge in [-0.05, 0) is 25.5 Å². The number of nitrogens with one attached hydrogen (secondary N) is 1. The summed E-state index contributed by atoms with van der Waals surface area (Å²) in [5, 5.41) is 14.2. The Balaban J connectivity index is 1.87. The average molecular weight is 229 g/mol. The molecule has 4 atom stereocenters. The van der Waals surface area contributed by atoms with E-state index in [0.29, 0.717) is 12.1 Å². The zero-order valence-corrected chi connectivity index (χ0v) is 10.8. The van der Waals surface area contributed by atoms with Gasteiger partial charge in [-0.15, -0.1) is 0 Å².